The Balaban J connectivity index is 1.72. The first-order valence-corrected chi connectivity index (χ1v) is 10.3. The second-order valence-electron chi connectivity index (χ2n) is 7.63. The molecular weight excluding hydrogens is 406 g/mol. The van der Waals surface area contributed by atoms with Gasteiger partial charge in [0.05, 0.1) is 12.5 Å². The van der Waals surface area contributed by atoms with Gasteiger partial charge in [-0.3, -0.25) is 19.2 Å². The quantitative estimate of drug-likeness (QED) is 0.447. The standard InChI is InChI=1S/C25H25N3O4/c1-16(23(30)24(26)31)27-25(32)21(14-17-7-3-2-4-8-17)28-22(29)15-18-11-12-19-9-5-6-10-20(19)13-18/h2-13,16,21H,14-15H2,1H3,(H2,26,31)(H,27,32)(H,28,29)/t16?,21-/m0/s1. The molecule has 0 aliphatic rings. The van der Waals surface area contributed by atoms with Crippen molar-refractivity contribution in [2.24, 2.45) is 5.73 Å². The van der Waals surface area contributed by atoms with E-state index in [9.17, 15) is 19.2 Å². The largest absolute Gasteiger partial charge is 0.363 e. The van der Waals surface area contributed by atoms with E-state index < -0.39 is 29.7 Å². The average molecular weight is 431 g/mol. The zero-order chi connectivity index (χ0) is 23.1. The number of primary amides is 1. The van der Waals surface area contributed by atoms with E-state index in [2.05, 4.69) is 10.6 Å². The lowest BCUT2D eigenvalue weighted by Gasteiger charge is -2.21. The Labute approximate surface area is 186 Å². The molecular formula is C25H25N3O4. The van der Waals surface area contributed by atoms with Gasteiger partial charge in [-0.1, -0.05) is 72.8 Å². The third kappa shape index (κ3) is 6.01. The second kappa shape index (κ2) is 10.3. The molecule has 0 radical (unpaired) electrons. The van der Waals surface area contributed by atoms with Crippen molar-refractivity contribution in [2.45, 2.75) is 31.8 Å². The van der Waals surface area contributed by atoms with Gasteiger partial charge in [-0.05, 0) is 28.8 Å². The summed E-state index contributed by atoms with van der Waals surface area (Å²) in [5.41, 5.74) is 6.67. The van der Waals surface area contributed by atoms with Gasteiger partial charge in [0.2, 0.25) is 17.6 Å². The van der Waals surface area contributed by atoms with Crippen LogP contribution in [-0.2, 0) is 32.0 Å². The smallest absolute Gasteiger partial charge is 0.287 e. The van der Waals surface area contributed by atoms with Crippen molar-refractivity contribution < 1.29 is 19.2 Å². The normalized spacial score (nSPS) is 12.5. The molecule has 3 amide bonds. The average Bonchev–Trinajstić information content (AvgIpc) is 2.78. The summed E-state index contributed by atoms with van der Waals surface area (Å²) in [5.74, 6) is -2.93. The van der Waals surface area contributed by atoms with E-state index in [4.69, 9.17) is 5.73 Å². The van der Waals surface area contributed by atoms with Gasteiger partial charge in [0, 0.05) is 6.42 Å². The minimum Gasteiger partial charge on any atom is -0.363 e. The Bertz CT molecular complexity index is 1140. The number of rotatable bonds is 9. The maximum atomic E-state index is 12.8. The monoisotopic (exact) mass is 431 g/mol. The number of hydrogen-bond acceptors (Lipinski definition) is 4. The van der Waals surface area contributed by atoms with Gasteiger partial charge in [-0.25, -0.2) is 0 Å². The summed E-state index contributed by atoms with van der Waals surface area (Å²) in [6, 6.07) is 20.8. The fourth-order valence-electron chi connectivity index (χ4n) is 3.43. The van der Waals surface area contributed by atoms with Crippen LogP contribution in [0.4, 0.5) is 0 Å². The van der Waals surface area contributed by atoms with Crippen LogP contribution in [0, 0.1) is 0 Å². The topological polar surface area (TPSA) is 118 Å². The summed E-state index contributed by atoms with van der Waals surface area (Å²) in [6.07, 6.45) is 0.326. The number of carbonyl (C=O) groups excluding carboxylic acids is 4. The predicted molar refractivity (Wildman–Crippen MR) is 122 cm³/mol. The number of ketones is 1. The lowest BCUT2D eigenvalue weighted by atomic mass is 10.0. The molecule has 164 valence electrons. The van der Waals surface area contributed by atoms with E-state index in [1.54, 1.807) is 0 Å². The molecule has 0 aliphatic heterocycles. The Morgan fingerprint density at radius 1 is 0.812 bits per heavy atom. The van der Waals surface area contributed by atoms with Gasteiger partial charge in [0.15, 0.2) is 0 Å². The van der Waals surface area contributed by atoms with Crippen molar-refractivity contribution in [3.05, 3.63) is 83.9 Å². The van der Waals surface area contributed by atoms with Crippen LogP contribution in [0.3, 0.4) is 0 Å². The van der Waals surface area contributed by atoms with Crippen LogP contribution in [0.15, 0.2) is 72.8 Å². The number of fused-ring (bicyclic) bond motifs is 1. The Morgan fingerprint density at radius 2 is 1.47 bits per heavy atom. The lowest BCUT2D eigenvalue weighted by molar-refractivity contribution is -0.138. The van der Waals surface area contributed by atoms with Gasteiger partial charge in [0.25, 0.3) is 5.91 Å². The zero-order valence-corrected chi connectivity index (χ0v) is 17.7. The van der Waals surface area contributed by atoms with Crippen molar-refractivity contribution in [3.63, 3.8) is 0 Å². The summed E-state index contributed by atoms with van der Waals surface area (Å²) in [4.78, 5) is 48.4. The first kappa shape index (κ1) is 22.7. The van der Waals surface area contributed by atoms with E-state index in [0.717, 1.165) is 21.9 Å². The van der Waals surface area contributed by atoms with Crippen LogP contribution < -0.4 is 16.4 Å². The van der Waals surface area contributed by atoms with E-state index >= 15 is 0 Å². The zero-order valence-electron chi connectivity index (χ0n) is 17.7. The van der Waals surface area contributed by atoms with Crippen LogP contribution in [0.25, 0.3) is 10.8 Å². The fourth-order valence-corrected chi connectivity index (χ4v) is 3.43. The van der Waals surface area contributed by atoms with Crippen molar-refractivity contribution in [2.75, 3.05) is 0 Å². The third-order valence-electron chi connectivity index (χ3n) is 5.11. The molecule has 0 saturated carbocycles. The van der Waals surface area contributed by atoms with Crippen molar-refractivity contribution in [1.29, 1.82) is 0 Å². The summed E-state index contributed by atoms with van der Waals surface area (Å²) < 4.78 is 0. The molecule has 0 bridgehead atoms. The van der Waals surface area contributed by atoms with E-state index in [1.807, 2.05) is 72.8 Å². The first-order chi connectivity index (χ1) is 15.3. The Hall–Kier alpha value is -4.00. The van der Waals surface area contributed by atoms with Crippen LogP contribution in [0.2, 0.25) is 0 Å². The molecule has 3 rings (SSSR count). The SMILES string of the molecule is CC(NC(=O)[C@H](Cc1ccccc1)NC(=O)Cc1ccc2ccccc2c1)C(=O)C(N)=O. The summed E-state index contributed by atoms with van der Waals surface area (Å²) >= 11 is 0. The molecule has 7 nitrogen and oxygen atoms in total. The molecule has 3 aromatic rings. The maximum Gasteiger partial charge on any atom is 0.287 e. The fraction of sp³-hybridized carbons (Fsp3) is 0.200. The number of nitrogens with one attached hydrogen (secondary N) is 2. The van der Waals surface area contributed by atoms with Gasteiger partial charge in [-0.2, -0.15) is 0 Å². The minimum absolute atomic E-state index is 0.0964. The van der Waals surface area contributed by atoms with Crippen LogP contribution in [-0.4, -0.2) is 35.6 Å². The number of carbonyl (C=O) groups is 4. The number of nitrogens with two attached hydrogens (primary N) is 1. The molecule has 7 heteroatoms. The highest BCUT2D eigenvalue weighted by molar-refractivity contribution is 6.37. The van der Waals surface area contributed by atoms with E-state index in [-0.39, 0.29) is 18.7 Å². The Kier molecular flexibility index (Phi) is 7.33. The number of hydrogen-bond donors (Lipinski definition) is 3. The molecule has 0 fully saturated rings. The van der Waals surface area contributed by atoms with E-state index in [1.165, 1.54) is 6.92 Å². The Morgan fingerprint density at radius 3 is 2.16 bits per heavy atom. The molecule has 4 N–H and O–H groups in total. The summed E-state index contributed by atoms with van der Waals surface area (Å²) in [7, 11) is 0. The summed E-state index contributed by atoms with van der Waals surface area (Å²) in [5, 5.41) is 7.33. The first-order valence-electron chi connectivity index (χ1n) is 10.3. The third-order valence-corrected chi connectivity index (χ3v) is 5.11. The highest BCUT2D eigenvalue weighted by Gasteiger charge is 2.26. The molecule has 1 unspecified atom stereocenters. The van der Waals surface area contributed by atoms with Crippen molar-refractivity contribution >= 4 is 34.3 Å². The molecule has 32 heavy (non-hydrogen) atoms. The molecule has 0 aliphatic carbocycles. The number of benzene rings is 3. The van der Waals surface area contributed by atoms with Gasteiger partial charge < -0.3 is 16.4 Å². The molecule has 0 heterocycles. The summed E-state index contributed by atoms with van der Waals surface area (Å²) in [6.45, 7) is 1.38. The van der Waals surface area contributed by atoms with Gasteiger partial charge in [0.1, 0.15) is 6.04 Å². The maximum absolute atomic E-state index is 12.8. The second-order valence-corrected chi connectivity index (χ2v) is 7.63. The van der Waals surface area contributed by atoms with E-state index in [0.29, 0.717) is 0 Å². The van der Waals surface area contributed by atoms with Gasteiger partial charge >= 0.3 is 0 Å². The van der Waals surface area contributed by atoms with Crippen LogP contribution in [0.1, 0.15) is 18.1 Å². The molecule has 0 spiro atoms. The number of amides is 3. The minimum atomic E-state index is -1.13. The molecule has 2 atom stereocenters. The van der Waals surface area contributed by atoms with Crippen LogP contribution in [0.5, 0.6) is 0 Å². The number of Topliss-reactive ketones (excluding diaryl/α,β-unsaturated/α-hetero) is 1. The lowest BCUT2D eigenvalue weighted by Crippen LogP contribution is -2.53. The van der Waals surface area contributed by atoms with Crippen LogP contribution >= 0.6 is 0 Å². The highest BCUT2D eigenvalue weighted by Crippen LogP contribution is 2.16. The molecule has 3 aromatic carbocycles. The van der Waals surface area contributed by atoms with Crippen molar-refractivity contribution in [1.82, 2.24) is 10.6 Å². The highest BCUT2D eigenvalue weighted by atomic mass is 16.2. The van der Waals surface area contributed by atoms with Gasteiger partial charge in [-0.15, -0.1) is 0 Å². The molecule has 0 saturated heterocycles. The van der Waals surface area contributed by atoms with Crippen molar-refractivity contribution in [3.8, 4) is 0 Å². The molecule has 0 aromatic heterocycles. The predicted octanol–water partition coefficient (Wildman–Crippen LogP) is 1.67.